The number of carbonyl (C=O) groups is 1. The quantitative estimate of drug-likeness (QED) is 0.576. The second-order valence-electron chi connectivity index (χ2n) is 2.41. The van der Waals surface area contributed by atoms with E-state index in [0.29, 0.717) is 0 Å². The Bertz CT molecular complexity index is 149. The van der Waals surface area contributed by atoms with E-state index in [-0.39, 0.29) is 12.1 Å². The molecular formula is C5H12NO2P. The molecular weight excluding hydrogens is 137 g/mol. The zero-order chi connectivity index (χ0) is 7.49. The van der Waals surface area contributed by atoms with Crippen LogP contribution >= 0.6 is 7.14 Å². The third kappa shape index (κ3) is 5.57. The predicted octanol–water partition coefficient (Wildman–Crippen LogP) is 0.355. The van der Waals surface area contributed by atoms with Crippen molar-refractivity contribution >= 4 is 13.0 Å². The van der Waals surface area contributed by atoms with Crippen LogP contribution in [0, 0.1) is 0 Å². The lowest BCUT2D eigenvalue weighted by Gasteiger charge is -2.02. The van der Waals surface area contributed by atoms with Crippen LogP contribution in [0.3, 0.4) is 0 Å². The highest BCUT2D eigenvalue weighted by Crippen LogP contribution is 2.34. The van der Waals surface area contributed by atoms with Gasteiger partial charge < -0.3 is 9.88 Å². The van der Waals surface area contributed by atoms with Gasteiger partial charge in [0.15, 0.2) is 0 Å². The summed E-state index contributed by atoms with van der Waals surface area (Å²) in [6.07, 6.45) is 0.156. The normalized spacial score (nSPS) is 11.0. The number of hydrogen-bond acceptors (Lipinski definition) is 2. The molecule has 0 aliphatic heterocycles. The smallest absolute Gasteiger partial charge is 0.227 e. The van der Waals surface area contributed by atoms with Gasteiger partial charge >= 0.3 is 0 Å². The third-order valence-corrected chi connectivity index (χ3v) is 1.85. The van der Waals surface area contributed by atoms with Crippen molar-refractivity contribution in [3.63, 3.8) is 0 Å². The summed E-state index contributed by atoms with van der Waals surface area (Å²) < 4.78 is 10.9. The second kappa shape index (κ2) is 3.02. The summed E-state index contributed by atoms with van der Waals surface area (Å²) in [6, 6.07) is 0. The van der Waals surface area contributed by atoms with Gasteiger partial charge in [-0.1, -0.05) is 0 Å². The SMILES string of the molecule is CNC(=O)CP(C)(C)=O. The van der Waals surface area contributed by atoms with E-state index in [0.717, 1.165) is 0 Å². The molecule has 0 aliphatic rings. The fourth-order valence-electron chi connectivity index (χ4n) is 0.425. The highest BCUT2D eigenvalue weighted by Gasteiger charge is 2.11. The van der Waals surface area contributed by atoms with Gasteiger partial charge in [0.1, 0.15) is 0 Å². The highest BCUT2D eigenvalue weighted by molar-refractivity contribution is 7.63. The average molecular weight is 149 g/mol. The molecule has 54 valence electrons. The van der Waals surface area contributed by atoms with Crippen LogP contribution in [0.4, 0.5) is 0 Å². The number of rotatable bonds is 2. The van der Waals surface area contributed by atoms with Crippen molar-refractivity contribution in [2.45, 2.75) is 0 Å². The molecule has 0 unspecified atom stereocenters. The summed E-state index contributed by atoms with van der Waals surface area (Å²) in [7, 11) is -0.611. The summed E-state index contributed by atoms with van der Waals surface area (Å²) in [4.78, 5) is 10.5. The summed E-state index contributed by atoms with van der Waals surface area (Å²) >= 11 is 0. The van der Waals surface area contributed by atoms with Gasteiger partial charge in [-0.25, -0.2) is 0 Å². The molecule has 0 spiro atoms. The molecule has 0 saturated carbocycles. The molecule has 0 saturated heterocycles. The van der Waals surface area contributed by atoms with Crippen LogP contribution in [0.15, 0.2) is 0 Å². The van der Waals surface area contributed by atoms with E-state index in [1.54, 1.807) is 13.3 Å². The molecule has 1 N–H and O–H groups in total. The van der Waals surface area contributed by atoms with Gasteiger partial charge in [-0.15, -0.1) is 0 Å². The molecule has 1 amide bonds. The van der Waals surface area contributed by atoms with Crippen LogP contribution in [0.25, 0.3) is 0 Å². The standard InChI is InChI=1S/C5H12NO2P/c1-6-5(7)4-9(2,3)8/h4H2,1-3H3,(H,6,7). The van der Waals surface area contributed by atoms with Crippen molar-refractivity contribution in [3.8, 4) is 0 Å². The van der Waals surface area contributed by atoms with E-state index in [9.17, 15) is 9.36 Å². The van der Waals surface area contributed by atoms with Gasteiger partial charge in [0.25, 0.3) is 0 Å². The summed E-state index contributed by atoms with van der Waals surface area (Å²) in [6.45, 7) is 3.20. The maximum atomic E-state index is 10.9. The molecule has 3 nitrogen and oxygen atoms in total. The molecule has 9 heavy (non-hydrogen) atoms. The molecule has 0 bridgehead atoms. The van der Waals surface area contributed by atoms with Gasteiger partial charge in [-0.05, 0) is 13.3 Å². The Morgan fingerprint density at radius 1 is 1.56 bits per heavy atom. The Labute approximate surface area is 55.2 Å². The fraction of sp³-hybridized carbons (Fsp3) is 0.800. The van der Waals surface area contributed by atoms with Crippen molar-refractivity contribution in [1.82, 2.24) is 5.32 Å². The lowest BCUT2D eigenvalue weighted by molar-refractivity contribution is -0.118. The third-order valence-electron chi connectivity index (χ3n) is 0.803. The number of carbonyl (C=O) groups excluding carboxylic acids is 1. The van der Waals surface area contributed by atoms with Crippen LogP contribution < -0.4 is 5.32 Å². The van der Waals surface area contributed by atoms with Gasteiger partial charge in [-0.2, -0.15) is 0 Å². The number of nitrogens with one attached hydrogen (secondary N) is 1. The van der Waals surface area contributed by atoms with E-state index >= 15 is 0 Å². The molecule has 0 aromatic heterocycles. The van der Waals surface area contributed by atoms with Crippen LogP contribution in [0.1, 0.15) is 0 Å². The molecule has 0 aromatic carbocycles. The maximum absolute atomic E-state index is 10.9. The monoisotopic (exact) mass is 149 g/mol. The number of amides is 1. The van der Waals surface area contributed by atoms with Gasteiger partial charge in [-0.3, -0.25) is 4.79 Å². The average Bonchev–Trinajstić information content (AvgIpc) is 1.62. The van der Waals surface area contributed by atoms with Crippen LogP contribution in [0.5, 0.6) is 0 Å². The van der Waals surface area contributed by atoms with E-state index in [1.807, 2.05) is 0 Å². The Morgan fingerprint density at radius 3 is 2.11 bits per heavy atom. The first kappa shape index (κ1) is 8.70. The molecule has 0 rings (SSSR count). The van der Waals surface area contributed by atoms with Crippen molar-refractivity contribution < 1.29 is 9.36 Å². The van der Waals surface area contributed by atoms with Crippen molar-refractivity contribution in [1.29, 1.82) is 0 Å². The van der Waals surface area contributed by atoms with Gasteiger partial charge in [0.05, 0.1) is 13.3 Å². The minimum Gasteiger partial charge on any atom is -0.359 e. The molecule has 0 aromatic rings. The molecule has 0 atom stereocenters. The Balaban J connectivity index is 3.75. The lowest BCUT2D eigenvalue weighted by Crippen LogP contribution is -2.21. The van der Waals surface area contributed by atoms with Crippen molar-refractivity contribution in [2.75, 3.05) is 26.5 Å². The van der Waals surface area contributed by atoms with Crippen molar-refractivity contribution in [2.24, 2.45) is 0 Å². The molecule has 0 heterocycles. The largest absolute Gasteiger partial charge is 0.359 e. The molecule has 0 radical (unpaired) electrons. The summed E-state index contributed by atoms with van der Waals surface area (Å²) in [5.74, 6) is -0.150. The van der Waals surface area contributed by atoms with Crippen molar-refractivity contribution in [3.05, 3.63) is 0 Å². The predicted molar refractivity (Wildman–Crippen MR) is 38.4 cm³/mol. The van der Waals surface area contributed by atoms with Crippen LogP contribution in [0.2, 0.25) is 0 Å². The Kier molecular flexibility index (Phi) is 2.92. The first-order valence-electron chi connectivity index (χ1n) is 2.70. The molecule has 4 heteroatoms. The van der Waals surface area contributed by atoms with E-state index in [1.165, 1.54) is 7.05 Å². The minimum atomic E-state index is -2.15. The van der Waals surface area contributed by atoms with E-state index < -0.39 is 7.14 Å². The first-order chi connectivity index (χ1) is 3.95. The minimum absolute atomic E-state index is 0.150. The summed E-state index contributed by atoms with van der Waals surface area (Å²) in [5.41, 5.74) is 0. The van der Waals surface area contributed by atoms with Crippen LogP contribution in [-0.2, 0) is 9.36 Å². The zero-order valence-corrected chi connectivity index (χ0v) is 6.87. The lowest BCUT2D eigenvalue weighted by atomic mass is 10.7. The maximum Gasteiger partial charge on any atom is 0.227 e. The van der Waals surface area contributed by atoms with Crippen LogP contribution in [-0.4, -0.2) is 32.4 Å². The summed E-state index contributed by atoms with van der Waals surface area (Å²) in [5, 5.41) is 2.41. The Morgan fingerprint density at radius 2 is 2.00 bits per heavy atom. The number of hydrogen-bond donors (Lipinski definition) is 1. The topological polar surface area (TPSA) is 46.2 Å². The van der Waals surface area contributed by atoms with Gasteiger partial charge in [0, 0.05) is 7.05 Å². The fourth-order valence-corrected chi connectivity index (χ4v) is 1.27. The molecule has 0 fully saturated rings. The Hall–Kier alpha value is -0.300. The van der Waals surface area contributed by atoms with E-state index in [4.69, 9.17) is 0 Å². The second-order valence-corrected chi connectivity index (χ2v) is 5.87. The van der Waals surface area contributed by atoms with Gasteiger partial charge in [0.2, 0.25) is 5.91 Å². The molecule has 0 aliphatic carbocycles. The first-order valence-corrected chi connectivity index (χ1v) is 5.49. The zero-order valence-electron chi connectivity index (χ0n) is 5.97. The highest BCUT2D eigenvalue weighted by atomic mass is 31.2. The van der Waals surface area contributed by atoms with E-state index in [2.05, 4.69) is 5.32 Å².